The minimum absolute atomic E-state index is 0.0354. The van der Waals surface area contributed by atoms with Gasteiger partial charge < -0.3 is 20.0 Å². The van der Waals surface area contributed by atoms with Crippen LogP contribution < -0.4 is 11.1 Å². The van der Waals surface area contributed by atoms with Crippen LogP contribution in [0, 0.1) is 6.92 Å². The second-order valence-electron chi connectivity index (χ2n) is 4.45. The van der Waals surface area contributed by atoms with Crippen molar-refractivity contribution in [2.45, 2.75) is 6.92 Å². The highest BCUT2D eigenvalue weighted by molar-refractivity contribution is 6.13. The molecule has 7 heteroatoms. The summed E-state index contributed by atoms with van der Waals surface area (Å²) >= 11 is 0. The summed E-state index contributed by atoms with van der Waals surface area (Å²) in [4.78, 5) is 23.6. The van der Waals surface area contributed by atoms with Crippen molar-refractivity contribution in [3.63, 3.8) is 0 Å². The number of nitrogens with two attached hydrogens (primary N) is 1. The third-order valence-electron chi connectivity index (χ3n) is 2.91. The van der Waals surface area contributed by atoms with Gasteiger partial charge in [0.25, 0.3) is 11.8 Å². The Kier molecular flexibility index (Phi) is 2.94. The van der Waals surface area contributed by atoms with E-state index in [4.69, 9.17) is 14.7 Å². The van der Waals surface area contributed by atoms with Gasteiger partial charge in [-0.1, -0.05) is 17.3 Å². The molecule has 0 saturated carbocycles. The standard InChI is InChI=1S/C14H11N3O4/c1-7-6-10(21-17-7)14(19)16-11-8-4-2-3-5-9(8)20-12(11)13(15)18/h2-6H,1H3,(H2,15,18)(H,16,19). The van der Waals surface area contributed by atoms with E-state index in [-0.39, 0.29) is 17.2 Å². The minimum Gasteiger partial charge on any atom is -0.449 e. The van der Waals surface area contributed by atoms with Crippen LogP contribution in [-0.2, 0) is 0 Å². The van der Waals surface area contributed by atoms with Crippen molar-refractivity contribution in [3.05, 3.63) is 47.5 Å². The lowest BCUT2D eigenvalue weighted by Crippen LogP contribution is -2.16. The van der Waals surface area contributed by atoms with Crippen LogP contribution >= 0.6 is 0 Å². The first-order chi connectivity index (χ1) is 10.1. The Labute approximate surface area is 118 Å². The summed E-state index contributed by atoms with van der Waals surface area (Å²) in [6.07, 6.45) is 0. The highest BCUT2D eigenvalue weighted by Crippen LogP contribution is 2.30. The summed E-state index contributed by atoms with van der Waals surface area (Å²) in [7, 11) is 0. The smallest absolute Gasteiger partial charge is 0.294 e. The van der Waals surface area contributed by atoms with Gasteiger partial charge in [0.15, 0.2) is 0 Å². The van der Waals surface area contributed by atoms with Crippen molar-refractivity contribution in [3.8, 4) is 0 Å². The van der Waals surface area contributed by atoms with E-state index in [1.165, 1.54) is 6.07 Å². The summed E-state index contributed by atoms with van der Waals surface area (Å²) in [5, 5.41) is 6.79. The Bertz CT molecular complexity index is 847. The van der Waals surface area contributed by atoms with E-state index in [2.05, 4.69) is 10.5 Å². The summed E-state index contributed by atoms with van der Waals surface area (Å²) < 4.78 is 10.2. The number of nitrogens with one attached hydrogen (secondary N) is 1. The van der Waals surface area contributed by atoms with Gasteiger partial charge in [-0.3, -0.25) is 9.59 Å². The topological polar surface area (TPSA) is 111 Å². The van der Waals surface area contributed by atoms with Crippen LogP contribution in [0.5, 0.6) is 0 Å². The number of hydrogen-bond donors (Lipinski definition) is 2. The van der Waals surface area contributed by atoms with Gasteiger partial charge in [-0.25, -0.2) is 0 Å². The lowest BCUT2D eigenvalue weighted by molar-refractivity contribution is 0.0977. The molecule has 0 radical (unpaired) electrons. The van der Waals surface area contributed by atoms with Crippen molar-refractivity contribution >= 4 is 28.5 Å². The first kappa shape index (κ1) is 12.9. The van der Waals surface area contributed by atoms with Crippen molar-refractivity contribution in [1.82, 2.24) is 5.16 Å². The molecule has 1 aromatic carbocycles. The Morgan fingerprint density at radius 3 is 2.71 bits per heavy atom. The lowest BCUT2D eigenvalue weighted by Gasteiger charge is -2.01. The molecule has 0 fully saturated rings. The number of primary amides is 1. The largest absolute Gasteiger partial charge is 0.449 e. The van der Waals surface area contributed by atoms with Crippen LogP contribution in [0.4, 0.5) is 5.69 Å². The Morgan fingerprint density at radius 2 is 2.05 bits per heavy atom. The van der Waals surface area contributed by atoms with E-state index in [1.807, 2.05) is 0 Å². The van der Waals surface area contributed by atoms with E-state index in [0.29, 0.717) is 16.7 Å². The molecule has 21 heavy (non-hydrogen) atoms. The van der Waals surface area contributed by atoms with Crippen molar-refractivity contribution in [1.29, 1.82) is 0 Å². The average molecular weight is 285 g/mol. The maximum atomic E-state index is 12.1. The molecule has 0 saturated heterocycles. The molecule has 2 aromatic heterocycles. The number of carbonyl (C=O) groups is 2. The number of para-hydroxylation sites is 1. The van der Waals surface area contributed by atoms with Crippen LogP contribution in [0.1, 0.15) is 26.8 Å². The number of nitrogens with zero attached hydrogens (tertiary/aromatic N) is 1. The molecule has 0 aliphatic rings. The van der Waals surface area contributed by atoms with Crippen LogP contribution in [0.15, 0.2) is 39.3 Å². The van der Waals surface area contributed by atoms with Gasteiger partial charge in [-0.05, 0) is 19.1 Å². The van der Waals surface area contributed by atoms with Gasteiger partial charge in [-0.15, -0.1) is 0 Å². The maximum Gasteiger partial charge on any atom is 0.294 e. The number of anilines is 1. The predicted molar refractivity (Wildman–Crippen MR) is 73.9 cm³/mol. The van der Waals surface area contributed by atoms with Crippen LogP contribution in [0.3, 0.4) is 0 Å². The van der Waals surface area contributed by atoms with Gasteiger partial charge in [-0.2, -0.15) is 0 Å². The number of aryl methyl sites for hydroxylation is 1. The van der Waals surface area contributed by atoms with Gasteiger partial charge in [0.1, 0.15) is 11.3 Å². The fourth-order valence-corrected chi connectivity index (χ4v) is 1.99. The van der Waals surface area contributed by atoms with Crippen molar-refractivity contribution < 1.29 is 18.5 Å². The molecule has 3 rings (SSSR count). The molecule has 3 aromatic rings. The van der Waals surface area contributed by atoms with Gasteiger partial charge in [0.05, 0.1) is 5.69 Å². The number of rotatable bonds is 3. The third-order valence-corrected chi connectivity index (χ3v) is 2.91. The molecule has 0 spiro atoms. The normalized spacial score (nSPS) is 10.7. The first-order valence-electron chi connectivity index (χ1n) is 6.12. The number of benzene rings is 1. The van der Waals surface area contributed by atoms with E-state index in [0.717, 1.165) is 0 Å². The number of amides is 2. The molecule has 106 valence electrons. The Balaban J connectivity index is 2.05. The number of carbonyl (C=O) groups excluding carboxylic acids is 2. The zero-order valence-corrected chi connectivity index (χ0v) is 11.0. The first-order valence-corrected chi connectivity index (χ1v) is 6.12. The van der Waals surface area contributed by atoms with Gasteiger partial charge in [0, 0.05) is 11.5 Å². The molecule has 0 bridgehead atoms. The summed E-state index contributed by atoms with van der Waals surface area (Å²) in [6, 6.07) is 8.39. The molecule has 7 nitrogen and oxygen atoms in total. The molecular formula is C14H11N3O4. The Hall–Kier alpha value is -3.09. The van der Waals surface area contributed by atoms with E-state index >= 15 is 0 Å². The van der Waals surface area contributed by atoms with E-state index in [1.54, 1.807) is 31.2 Å². The monoisotopic (exact) mass is 285 g/mol. The number of hydrogen-bond acceptors (Lipinski definition) is 5. The van der Waals surface area contributed by atoms with Crippen LogP contribution in [0.2, 0.25) is 0 Å². The fraction of sp³-hybridized carbons (Fsp3) is 0.0714. The number of aromatic nitrogens is 1. The predicted octanol–water partition coefficient (Wildman–Crippen LogP) is 2.08. The SMILES string of the molecule is Cc1cc(C(=O)Nc2c(C(N)=O)oc3ccccc23)on1. The van der Waals surface area contributed by atoms with Gasteiger partial charge in [0.2, 0.25) is 11.5 Å². The molecule has 0 aliphatic heterocycles. The zero-order valence-electron chi connectivity index (χ0n) is 11.0. The second kappa shape index (κ2) is 4.78. The second-order valence-corrected chi connectivity index (χ2v) is 4.45. The molecule has 2 heterocycles. The lowest BCUT2D eigenvalue weighted by atomic mass is 10.2. The van der Waals surface area contributed by atoms with Crippen molar-refractivity contribution in [2.75, 3.05) is 5.32 Å². The van der Waals surface area contributed by atoms with Crippen LogP contribution in [-0.4, -0.2) is 17.0 Å². The average Bonchev–Trinajstić information content (AvgIpc) is 3.03. The maximum absolute atomic E-state index is 12.1. The fourth-order valence-electron chi connectivity index (χ4n) is 1.99. The third kappa shape index (κ3) is 2.25. The molecule has 2 amide bonds. The van der Waals surface area contributed by atoms with E-state index < -0.39 is 11.8 Å². The minimum atomic E-state index is -0.768. The molecule has 0 unspecified atom stereocenters. The summed E-state index contributed by atoms with van der Waals surface area (Å²) in [5.41, 5.74) is 6.53. The number of fused-ring (bicyclic) bond motifs is 1. The molecular weight excluding hydrogens is 274 g/mol. The van der Waals surface area contributed by atoms with Crippen LogP contribution in [0.25, 0.3) is 11.0 Å². The quantitative estimate of drug-likeness (QED) is 0.765. The summed E-state index contributed by atoms with van der Waals surface area (Å²) in [5.74, 6) is -1.38. The molecule has 0 aliphatic carbocycles. The van der Waals surface area contributed by atoms with Gasteiger partial charge >= 0.3 is 0 Å². The van der Waals surface area contributed by atoms with E-state index in [9.17, 15) is 9.59 Å². The Morgan fingerprint density at radius 1 is 1.29 bits per heavy atom. The van der Waals surface area contributed by atoms with Crippen molar-refractivity contribution in [2.24, 2.45) is 5.73 Å². The summed E-state index contributed by atoms with van der Waals surface area (Å²) in [6.45, 7) is 1.70. The number of furan rings is 1. The molecule has 3 N–H and O–H groups in total. The highest BCUT2D eigenvalue weighted by Gasteiger charge is 2.22. The highest BCUT2D eigenvalue weighted by atomic mass is 16.5. The molecule has 0 atom stereocenters. The zero-order chi connectivity index (χ0) is 15.0.